The maximum atomic E-state index is 12.8. The normalized spacial score (nSPS) is 11.3. The van der Waals surface area contributed by atoms with Crippen LogP contribution >= 0.6 is 11.6 Å². The molecular formula is C16H11ClF3N5O2. The Morgan fingerprint density at radius 3 is 2.67 bits per heavy atom. The lowest BCUT2D eigenvalue weighted by atomic mass is 10.2. The molecule has 27 heavy (non-hydrogen) atoms. The van der Waals surface area contributed by atoms with Crippen molar-refractivity contribution in [3.05, 3.63) is 58.6 Å². The summed E-state index contributed by atoms with van der Waals surface area (Å²) in [6.45, 7) is 1.70. The van der Waals surface area contributed by atoms with E-state index in [0.29, 0.717) is 11.6 Å². The van der Waals surface area contributed by atoms with Crippen LogP contribution in [0, 0.1) is 6.92 Å². The van der Waals surface area contributed by atoms with Gasteiger partial charge < -0.3 is 15.2 Å². The maximum absolute atomic E-state index is 12.8. The first kappa shape index (κ1) is 18.6. The van der Waals surface area contributed by atoms with Gasteiger partial charge in [-0.25, -0.2) is 9.97 Å². The molecule has 3 rings (SSSR count). The SMILES string of the molecule is Cc1cc(Nc2nccc(C(=O)Nc3cc(C(F)(F)F)ccc3Cl)n2)no1. The highest BCUT2D eigenvalue weighted by molar-refractivity contribution is 6.33. The zero-order valence-electron chi connectivity index (χ0n) is 13.6. The minimum absolute atomic E-state index is 0.0400. The summed E-state index contributed by atoms with van der Waals surface area (Å²) < 4.78 is 43.4. The number of carbonyl (C=O) groups is 1. The quantitative estimate of drug-likeness (QED) is 0.676. The van der Waals surface area contributed by atoms with Gasteiger partial charge in [0.05, 0.1) is 16.3 Å². The van der Waals surface area contributed by atoms with Crippen LogP contribution in [0.3, 0.4) is 0 Å². The summed E-state index contributed by atoms with van der Waals surface area (Å²) in [5.41, 5.74) is -1.20. The number of halogens is 4. The average molecular weight is 398 g/mol. The van der Waals surface area contributed by atoms with E-state index in [-0.39, 0.29) is 22.4 Å². The molecule has 0 radical (unpaired) electrons. The van der Waals surface area contributed by atoms with Gasteiger partial charge in [-0.3, -0.25) is 4.79 Å². The van der Waals surface area contributed by atoms with Crippen LogP contribution in [0.5, 0.6) is 0 Å². The molecule has 0 saturated heterocycles. The lowest BCUT2D eigenvalue weighted by Crippen LogP contribution is -2.16. The second-order valence-electron chi connectivity index (χ2n) is 5.36. The highest BCUT2D eigenvalue weighted by atomic mass is 35.5. The van der Waals surface area contributed by atoms with Crippen molar-refractivity contribution in [2.75, 3.05) is 10.6 Å². The Morgan fingerprint density at radius 1 is 1.22 bits per heavy atom. The molecule has 0 bridgehead atoms. The summed E-state index contributed by atoms with van der Waals surface area (Å²) in [5.74, 6) is 0.209. The number of rotatable bonds is 4. The number of hydrogen-bond donors (Lipinski definition) is 2. The Labute approximate surface area is 155 Å². The van der Waals surface area contributed by atoms with E-state index in [1.165, 1.54) is 12.3 Å². The van der Waals surface area contributed by atoms with E-state index in [0.717, 1.165) is 18.2 Å². The van der Waals surface area contributed by atoms with Gasteiger partial charge >= 0.3 is 6.18 Å². The molecule has 0 atom stereocenters. The molecule has 140 valence electrons. The van der Waals surface area contributed by atoms with Gasteiger partial charge in [0.15, 0.2) is 5.82 Å². The van der Waals surface area contributed by atoms with Crippen molar-refractivity contribution in [3.8, 4) is 0 Å². The van der Waals surface area contributed by atoms with Crippen LogP contribution in [-0.4, -0.2) is 21.0 Å². The van der Waals surface area contributed by atoms with E-state index in [4.69, 9.17) is 16.1 Å². The number of aryl methyl sites for hydroxylation is 1. The van der Waals surface area contributed by atoms with Gasteiger partial charge in [0.1, 0.15) is 11.5 Å². The molecule has 1 amide bonds. The topological polar surface area (TPSA) is 92.9 Å². The first-order chi connectivity index (χ1) is 12.7. The summed E-state index contributed by atoms with van der Waals surface area (Å²) >= 11 is 5.87. The second kappa shape index (κ2) is 7.23. The standard InChI is InChI=1S/C16H11ClF3N5O2/c1-8-6-13(25-27-8)24-15-21-5-4-11(23-15)14(26)22-12-7-9(16(18,19)20)2-3-10(12)17/h2-7H,1H3,(H,22,26)(H,21,23,24,25). The largest absolute Gasteiger partial charge is 0.416 e. The van der Waals surface area contributed by atoms with Gasteiger partial charge in [0.25, 0.3) is 5.91 Å². The molecule has 2 heterocycles. The third kappa shape index (κ3) is 4.53. The highest BCUT2D eigenvalue weighted by Gasteiger charge is 2.31. The molecule has 0 spiro atoms. The van der Waals surface area contributed by atoms with E-state index in [2.05, 4.69) is 25.8 Å². The molecule has 3 aromatic rings. The minimum Gasteiger partial charge on any atom is -0.360 e. The molecule has 0 saturated carbocycles. The summed E-state index contributed by atoms with van der Waals surface area (Å²) in [6.07, 6.45) is -3.25. The number of carbonyl (C=O) groups excluding carboxylic acids is 1. The van der Waals surface area contributed by atoms with Crippen molar-refractivity contribution in [1.82, 2.24) is 15.1 Å². The fourth-order valence-electron chi connectivity index (χ4n) is 2.07. The Hall–Kier alpha value is -3.14. The third-order valence-corrected chi connectivity index (χ3v) is 3.63. The molecule has 0 aliphatic carbocycles. The van der Waals surface area contributed by atoms with Crippen molar-refractivity contribution in [3.63, 3.8) is 0 Å². The van der Waals surface area contributed by atoms with Crippen LogP contribution in [0.1, 0.15) is 21.8 Å². The van der Waals surface area contributed by atoms with E-state index in [9.17, 15) is 18.0 Å². The zero-order chi connectivity index (χ0) is 19.6. The third-order valence-electron chi connectivity index (χ3n) is 3.30. The molecule has 1 aromatic carbocycles. The van der Waals surface area contributed by atoms with Gasteiger partial charge in [-0.2, -0.15) is 13.2 Å². The number of benzene rings is 1. The molecule has 2 aromatic heterocycles. The van der Waals surface area contributed by atoms with Crippen molar-refractivity contribution >= 4 is 35.0 Å². The molecular weight excluding hydrogens is 387 g/mol. The summed E-state index contributed by atoms with van der Waals surface area (Å²) in [7, 11) is 0. The van der Waals surface area contributed by atoms with Crippen molar-refractivity contribution in [2.45, 2.75) is 13.1 Å². The zero-order valence-corrected chi connectivity index (χ0v) is 14.4. The van der Waals surface area contributed by atoms with Crippen molar-refractivity contribution in [2.24, 2.45) is 0 Å². The van der Waals surface area contributed by atoms with Crippen LogP contribution in [0.4, 0.5) is 30.6 Å². The molecule has 0 aliphatic rings. The number of alkyl halides is 3. The number of aromatic nitrogens is 3. The van der Waals surface area contributed by atoms with Gasteiger partial charge in [0.2, 0.25) is 5.95 Å². The van der Waals surface area contributed by atoms with Crippen LogP contribution in [0.2, 0.25) is 5.02 Å². The van der Waals surface area contributed by atoms with Crippen LogP contribution in [0.25, 0.3) is 0 Å². The number of amides is 1. The fraction of sp³-hybridized carbons (Fsp3) is 0.125. The summed E-state index contributed by atoms with van der Waals surface area (Å²) in [4.78, 5) is 20.3. The Bertz CT molecular complexity index is 990. The molecule has 0 unspecified atom stereocenters. The minimum atomic E-state index is -4.56. The maximum Gasteiger partial charge on any atom is 0.416 e. The average Bonchev–Trinajstić information content (AvgIpc) is 3.01. The van der Waals surface area contributed by atoms with E-state index >= 15 is 0 Å². The van der Waals surface area contributed by atoms with Crippen molar-refractivity contribution in [1.29, 1.82) is 0 Å². The Kier molecular flexibility index (Phi) is 5.00. The van der Waals surface area contributed by atoms with Crippen molar-refractivity contribution < 1.29 is 22.5 Å². The predicted octanol–water partition coefficient (Wildman–Crippen LogP) is 4.44. The molecule has 0 aliphatic heterocycles. The molecule has 2 N–H and O–H groups in total. The summed E-state index contributed by atoms with van der Waals surface area (Å²) in [6, 6.07) is 5.53. The lowest BCUT2D eigenvalue weighted by molar-refractivity contribution is -0.137. The Morgan fingerprint density at radius 2 is 2.00 bits per heavy atom. The molecule has 0 fully saturated rings. The lowest BCUT2D eigenvalue weighted by Gasteiger charge is -2.11. The van der Waals surface area contributed by atoms with Crippen LogP contribution < -0.4 is 10.6 Å². The second-order valence-corrected chi connectivity index (χ2v) is 5.77. The fourth-order valence-corrected chi connectivity index (χ4v) is 2.23. The molecule has 7 nitrogen and oxygen atoms in total. The predicted molar refractivity (Wildman–Crippen MR) is 91.0 cm³/mol. The number of nitrogens with zero attached hydrogens (tertiary/aromatic N) is 3. The summed E-state index contributed by atoms with van der Waals surface area (Å²) in [5, 5.41) is 8.72. The smallest absolute Gasteiger partial charge is 0.360 e. The van der Waals surface area contributed by atoms with E-state index in [1.807, 2.05) is 0 Å². The Balaban J connectivity index is 1.79. The van der Waals surface area contributed by atoms with Crippen LogP contribution in [0.15, 0.2) is 41.1 Å². The van der Waals surface area contributed by atoms with Gasteiger partial charge in [-0.1, -0.05) is 16.8 Å². The van der Waals surface area contributed by atoms with E-state index < -0.39 is 17.6 Å². The number of anilines is 3. The van der Waals surface area contributed by atoms with E-state index in [1.54, 1.807) is 13.0 Å². The van der Waals surface area contributed by atoms with Crippen LogP contribution in [-0.2, 0) is 6.18 Å². The monoisotopic (exact) mass is 397 g/mol. The van der Waals surface area contributed by atoms with Gasteiger partial charge in [0, 0.05) is 12.3 Å². The molecule has 11 heteroatoms. The highest BCUT2D eigenvalue weighted by Crippen LogP contribution is 2.33. The first-order valence-corrected chi connectivity index (χ1v) is 7.81. The first-order valence-electron chi connectivity index (χ1n) is 7.44. The van der Waals surface area contributed by atoms with Gasteiger partial charge in [-0.15, -0.1) is 0 Å². The number of nitrogens with one attached hydrogen (secondary N) is 2. The van der Waals surface area contributed by atoms with Gasteiger partial charge in [-0.05, 0) is 31.2 Å². The number of hydrogen-bond acceptors (Lipinski definition) is 6.